The van der Waals surface area contributed by atoms with Crippen molar-refractivity contribution in [3.63, 3.8) is 0 Å². The van der Waals surface area contributed by atoms with Gasteiger partial charge in [-0.15, -0.1) is 0 Å². The summed E-state index contributed by atoms with van der Waals surface area (Å²) < 4.78 is 18.5. The molecule has 1 aliphatic rings. The predicted molar refractivity (Wildman–Crippen MR) is 106 cm³/mol. The monoisotopic (exact) mass is 376 g/mol. The summed E-state index contributed by atoms with van der Waals surface area (Å²) in [6.07, 6.45) is -0.294. The highest BCUT2D eigenvalue weighted by Crippen LogP contribution is 2.39. The van der Waals surface area contributed by atoms with Crippen molar-refractivity contribution in [2.75, 3.05) is 13.2 Å². The molecule has 1 aliphatic heterocycles. The third kappa shape index (κ3) is 5.38. The summed E-state index contributed by atoms with van der Waals surface area (Å²) in [5.41, 5.74) is 0. The van der Waals surface area contributed by atoms with Crippen LogP contribution in [0.2, 0.25) is 36.3 Å². The van der Waals surface area contributed by atoms with Crippen LogP contribution in [-0.2, 0) is 13.6 Å². The van der Waals surface area contributed by atoms with E-state index in [1.807, 2.05) is 0 Å². The van der Waals surface area contributed by atoms with Crippen LogP contribution in [0.5, 0.6) is 0 Å². The van der Waals surface area contributed by atoms with E-state index in [2.05, 4.69) is 67.7 Å². The third-order valence-electron chi connectivity index (χ3n) is 6.16. The quantitative estimate of drug-likeness (QED) is 0.715. The van der Waals surface area contributed by atoms with Crippen molar-refractivity contribution in [1.82, 2.24) is 0 Å². The SMILES string of the molecule is CC(C)(C)[Si](C)(C)OC[C@H]1OCC[C@@H](O[Si](C)(C)C(C)(C)C)[C@H]1O. The van der Waals surface area contributed by atoms with E-state index >= 15 is 0 Å². The normalized spacial score (nSPS) is 27.4. The molecule has 1 fully saturated rings. The van der Waals surface area contributed by atoms with Crippen LogP contribution in [0.1, 0.15) is 48.0 Å². The van der Waals surface area contributed by atoms with Crippen LogP contribution in [0.3, 0.4) is 0 Å². The van der Waals surface area contributed by atoms with E-state index in [-0.39, 0.29) is 22.3 Å². The first kappa shape index (κ1) is 22.3. The molecule has 3 atom stereocenters. The molecule has 0 bridgehead atoms. The van der Waals surface area contributed by atoms with Gasteiger partial charge >= 0.3 is 0 Å². The molecule has 6 heteroatoms. The second-order valence-electron chi connectivity index (χ2n) is 10.2. The van der Waals surface area contributed by atoms with Gasteiger partial charge in [-0.25, -0.2) is 0 Å². The minimum atomic E-state index is -1.90. The second kappa shape index (κ2) is 7.49. The van der Waals surface area contributed by atoms with Gasteiger partial charge < -0.3 is 18.7 Å². The van der Waals surface area contributed by atoms with Gasteiger partial charge in [0.05, 0.1) is 12.7 Å². The van der Waals surface area contributed by atoms with Gasteiger partial charge in [0.15, 0.2) is 16.6 Å². The van der Waals surface area contributed by atoms with Crippen molar-refractivity contribution < 1.29 is 18.7 Å². The van der Waals surface area contributed by atoms with Crippen LogP contribution in [0.15, 0.2) is 0 Å². The Morgan fingerprint density at radius 1 is 0.958 bits per heavy atom. The first-order valence-corrected chi connectivity index (χ1v) is 15.0. The summed E-state index contributed by atoms with van der Waals surface area (Å²) in [5.74, 6) is 0. The maximum absolute atomic E-state index is 10.8. The van der Waals surface area contributed by atoms with Gasteiger partial charge in [0.1, 0.15) is 12.2 Å². The van der Waals surface area contributed by atoms with Crippen molar-refractivity contribution in [2.45, 2.75) is 103 Å². The number of ether oxygens (including phenoxy) is 1. The van der Waals surface area contributed by atoms with Crippen molar-refractivity contribution in [1.29, 1.82) is 0 Å². The molecule has 1 saturated heterocycles. The molecule has 0 aromatic rings. The lowest BCUT2D eigenvalue weighted by atomic mass is 10.0. The van der Waals surface area contributed by atoms with Gasteiger partial charge in [0.2, 0.25) is 0 Å². The maximum atomic E-state index is 10.8. The van der Waals surface area contributed by atoms with E-state index < -0.39 is 22.7 Å². The number of rotatable bonds is 5. The van der Waals surface area contributed by atoms with Crippen LogP contribution in [0.25, 0.3) is 0 Å². The van der Waals surface area contributed by atoms with Crippen molar-refractivity contribution in [3.8, 4) is 0 Å². The molecule has 0 amide bonds. The van der Waals surface area contributed by atoms with Crippen LogP contribution >= 0.6 is 0 Å². The molecule has 24 heavy (non-hydrogen) atoms. The van der Waals surface area contributed by atoms with Gasteiger partial charge in [-0.1, -0.05) is 41.5 Å². The Hall–Kier alpha value is 0.274. The van der Waals surface area contributed by atoms with E-state index in [0.717, 1.165) is 6.42 Å². The highest BCUT2D eigenvalue weighted by molar-refractivity contribution is 6.74. The van der Waals surface area contributed by atoms with Gasteiger partial charge in [-0.2, -0.15) is 0 Å². The third-order valence-corrected chi connectivity index (χ3v) is 15.2. The topological polar surface area (TPSA) is 47.9 Å². The van der Waals surface area contributed by atoms with Crippen molar-refractivity contribution in [2.24, 2.45) is 0 Å². The molecule has 0 aromatic carbocycles. The van der Waals surface area contributed by atoms with E-state index in [1.165, 1.54) is 0 Å². The largest absolute Gasteiger partial charge is 0.414 e. The molecule has 1 N–H and O–H groups in total. The molecular weight excluding hydrogens is 336 g/mol. The van der Waals surface area contributed by atoms with E-state index in [0.29, 0.717) is 13.2 Å². The first-order valence-electron chi connectivity index (χ1n) is 9.20. The summed E-state index contributed by atoms with van der Waals surface area (Å²) in [5, 5.41) is 11.1. The fourth-order valence-corrected chi connectivity index (χ4v) is 4.56. The highest BCUT2D eigenvalue weighted by atomic mass is 28.4. The standard InChI is InChI=1S/C18H40O4Si2/c1-17(2,3)23(7,8)21-13-15-16(19)14(11-12-20-15)22-24(9,10)18(4,5)6/h14-16,19H,11-13H2,1-10H3/t14-,15-,16-/m1/s1. The minimum Gasteiger partial charge on any atom is -0.414 e. The van der Waals surface area contributed by atoms with E-state index in [1.54, 1.807) is 0 Å². The van der Waals surface area contributed by atoms with Gasteiger partial charge in [0, 0.05) is 6.61 Å². The summed E-state index contributed by atoms with van der Waals surface area (Å²) in [4.78, 5) is 0. The number of hydrogen-bond donors (Lipinski definition) is 1. The van der Waals surface area contributed by atoms with Crippen LogP contribution in [0, 0.1) is 0 Å². The molecule has 144 valence electrons. The molecular formula is C18H40O4Si2. The Morgan fingerprint density at radius 3 is 1.92 bits per heavy atom. The number of aliphatic hydroxyl groups excluding tert-OH is 1. The number of aliphatic hydroxyl groups is 1. The number of hydrogen-bond acceptors (Lipinski definition) is 4. The molecule has 0 unspecified atom stereocenters. The summed E-state index contributed by atoms with van der Waals surface area (Å²) >= 11 is 0. The molecule has 4 nitrogen and oxygen atoms in total. The lowest BCUT2D eigenvalue weighted by molar-refractivity contribution is -0.141. The first-order chi connectivity index (χ1) is 10.6. The smallest absolute Gasteiger partial charge is 0.192 e. The Balaban J connectivity index is 2.70. The Morgan fingerprint density at radius 2 is 1.46 bits per heavy atom. The van der Waals surface area contributed by atoms with Crippen molar-refractivity contribution in [3.05, 3.63) is 0 Å². The van der Waals surface area contributed by atoms with Gasteiger partial charge in [-0.05, 0) is 42.7 Å². The molecule has 0 aromatic heterocycles. The fraction of sp³-hybridized carbons (Fsp3) is 1.00. The Labute approximate surface area is 151 Å². The molecule has 1 rings (SSSR count). The maximum Gasteiger partial charge on any atom is 0.192 e. The fourth-order valence-electron chi connectivity index (χ4n) is 2.18. The summed E-state index contributed by atoms with van der Waals surface area (Å²) in [6, 6.07) is 0. The van der Waals surface area contributed by atoms with E-state index in [4.69, 9.17) is 13.6 Å². The molecule has 0 radical (unpaired) electrons. The minimum absolute atomic E-state index is 0.137. The highest BCUT2D eigenvalue weighted by Gasteiger charge is 2.44. The van der Waals surface area contributed by atoms with E-state index in [9.17, 15) is 5.11 Å². The van der Waals surface area contributed by atoms with Crippen LogP contribution in [0.4, 0.5) is 0 Å². The average Bonchev–Trinajstić information content (AvgIpc) is 2.37. The van der Waals surface area contributed by atoms with Gasteiger partial charge in [0.25, 0.3) is 0 Å². The second-order valence-corrected chi connectivity index (χ2v) is 19.7. The zero-order valence-corrected chi connectivity index (χ0v) is 19.5. The van der Waals surface area contributed by atoms with Gasteiger partial charge in [-0.3, -0.25) is 0 Å². The molecule has 1 heterocycles. The average molecular weight is 377 g/mol. The Bertz CT molecular complexity index is 410. The molecule has 0 aliphatic carbocycles. The van der Waals surface area contributed by atoms with Crippen LogP contribution in [-0.4, -0.2) is 53.3 Å². The molecule has 0 saturated carbocycles. The predicted octanol–water partition coefficient (Wildman–Crippen LogP) is 4.55. The zero-order valence-electron chi connectivity index (χ0n) is 17.5. The zero-order chi connectivity index (χ0) is 19.0. The lowest BCUT2D eigenvalue weighted by Gasteiger charge is -2.44. The Kier molecular flexibility index (Phi) is 6.96. The lowest BCUT2D eigenvalue weighted by Crippen LogP contribution is -2.55. The van der Waals surface area contributed by atoms with Crippen molar-refractivity contribution >= 4 is 16.6 Å². The summed E-state index contributed by atoms with van der Waals surface area (Å²) in [7, 11) is -3.74. The molecule has 0 spiro atoms. The summed E-state index contributed by atoms with van der Waals surface area (Å²) in [6.45, 7) is 23.3. The van der Waals surface area contributed by atoms with Crippen LogP contribution < -0.4 is 0 Å².